The monoisotopic (exact) mass is 329 g/mol. The van der Waals surface area contributed by atoms with Crippen molar-refractivity contribution in [1.29, 1.82) is 0 Å². The molecule has 1 atom stereocenters. The zero-order valence-electron chi connectivity index (χ0n) is 13.9. The van der Waals surface area contributed by atoms with Crippen LogP contribution < -0.4 is 10.9 Å². The van der Waals surface area contributed by atoms with E-state index in [1.54, 1.807) is 24.5 Å². The van der Waals surface area contributed by atoms with Crippen LogP contribution in [0.3, 0.4) is 0 Å². The van der Waals surface area contributed by atoms with Crippen LogP contribution in [-0.4, -0.2) is 51.2 Å². The third-order valence-corrected chi connectivity index (χ3v) is 4.38. The maximum atomic E-state index is 12.8. The maximum Gasteiger partial charge on any atom is 0.272 e. The largest absolute Gasteiger partial charge is 0.333 e. The van der Waals surface area contributed by atoms with E-state index in [0.29, 0.717) is 17.9 Å². The highest BCUT2D eigenvalue weighted by Crippen LogP contribution is 2.15. The minimum atomic E-state index is -0.177. The van der Waals surface area contributed by atoms with Gasteiger partial charge in [-0.25, -0.2) is 9.67 Å². The number of rotatable bonds is 5. The van der Waals surface area contributed by atoms with Crippen molar-refractivity contribution in [3.8, 4) is 5.82 Å². The van der Waals surface area contributed by atoms with Gasteiger partial charge in [0, 0.05) is 44.1 Å². The minimum Gasteiger partial charge on any atom is -0.333 e. The van der Waals surface area contributed by atoms with E-state index in [9.17, 15) is 9.59 Å². The zero-order chi connectivity index (χ0) is 16.9. The summed E-state index contributed by atoms with van der Waals surface area (Å²) < 4.78 is 1.34. The molecule has 0 aliphatic carbocycles. The Morgan fingerprint density at radius 2 is 2.25 bits per heavy atom. The molecule has 0 saturated carbocycles. The third kappa shape index (κ3) is 3.41. The summed E-state index contributed by atoms with van der Waals surface area (Å²) in [7, 11) is 0. The molecule has 0 aromatic carbocycles. The molecule has 1 saturated heterocycles. The number of aromatic nitrogens is 3. The van der Waals surface area contributed by atoms with Gasteiger partial charge in [0.15, 0.2) is 5.82 Å². The molecular formula is C17H23N5O2. The third-order valence-electron chi connectivity index (χ3n) is 4.38. The lowest BCUT2D eigenvalue weighted by Crippen LogP contribution is -2.53. The van der Waals surface area contributed by atoms with Crippen molar-refractivity contribution in [2.75, 3.05) is 19.6 Å². The van der Waals surface area contributed by atoms with Gasteiger partial charge < -0.3 is 10.2 Å². The summed E-state index contributed by atoms with van der Waals surface area (Å²) in [5.41, 5.74) is 0.380. The van der Waals surface area contributed by atoms with Crippen LogP contribution >= 0.6 is 0 Å². The lowest BCUT2D eigenvalue weighted by atomic mass is 10.0. The van der Waals surface area contributed by atoms with Crippen molar-refractivity contribution in [3.63, 3.8) is 0 Å². The molecule has 2 N–H and O–H groups in total. The fourth-order valence-electron chi connectivity index (χ4n) is 3.04. The standard InChI is InChI=1S/C17H23N5O2/c1-2-3-4-14-12-18-9-10-21(14)17(24)13-5-6-15(19-11-13)22-16(23)7-8-20-22/h5-8,11,14,18,20H,2-4,9-10,12H2,1H3. The van der Waals surface area contributed by atoms with Crippen LogP contribution in [0.1, 0.15) is 36.5 Å². The number of carbonyl (C=O) groups excluding carboxylic acids is 1. The highest BCUT2D eigenvalue weighted by molar-refractivity contribution is 5.94. The topological polar surface area (TPSA) is 83.0 Å². The Morgan fingerprint density at radius 3 is 2.92 bits per heavy atom. The molecule has 0 radical (unpaired) electrons. The average molecular weight is 329 g/mol. The minimum absolute atomic E-state index is 0.00971. The van der Waals surface area contributed by atoms with Crippen LogP contribution in [0.15, 0.2) is 35.4 Å². The average Bonchev–Trinajstić information content (AvgIpc) is 3.06. The fourth-order valence-corrected chi connectivity index (χ4v) is 3.04. The van der Waals surface area contributed by atoms with E-state index in [0.717, 1.165) is 32.4 Å². The van der Waals surface area contributed by atoms with Crippen LogP contribution in [0.5, 0.6) is 0 Å². The van der Waals surface area contributed by atoms with Crippen LogP contribution in [0.4, 0.5) is 0 Å². The van der Waals surface area contributed by atoms with E-state index < -0.39 is 0 Å². The normalized spacial score (nSPS) is 17.9. The number of nitrogens with zero attached hydrogens (tertiary/aromatic N) is 3. The number of hydrogen-bond acceptors (Lipinski definition) is 4. The Morgan fingerprint density at radius 1 is 1.38 bits per heavy atom. The zero-order valence-corrected chi connectivity index (χ0v) is 13.9. The quantitative estimate of drug-likeness (QED) is 0.862. The number of piperazine rings is 1. The van der Waals surface area contributed by atoms with E-state index in [4.69, 9.17) is 0 Å². The maximum absolute atomic E-state index is 12.8. The van der Waals surface area contributed by atoms with Gasteiger partial charge in [0.25, 0.3) is 11.5 Å². The number of amides is 1. The molecule has 7 nitrogen and oxygen atoms in total. The summed E-state index contributed by atoms with van der Waals surface area (Å²) in [5.74, 6) is 0.486. The van der Waals surface area contributed by atoms with Gasteiger partial charge in [0.1, 0.15) is 0 Å². The van der Waals surface area contributed by atoms with E-state index in [2.05, 4.69) is 22.3 Å². The van der Waals surface area contributed by atoms with Gasteiger partial charge in [-0.15, -0.1) is 0 Å². The van der Waals surface area contributed by atoms with Gasteiger partial charge in [-0.2, -0.15) is 0 Å². The van der Waals surface area contributed by atoms with E-state index in [-0.39, 0.29) is 17.5 Å². The summed E-state index contributed by atoms with van der Waals surface area (Å²) in [5, 5.41) is 6.16. The van der Waals surface area contributed by atoms with Crippen molar-refractivity contribution in [2.24, 2.45) is 0 Å². The number of nitrogens with one attached hydrogen (secondary N) is 2. The first kappa shape index (κ1) is 16.4. The van der Waals surface area contributed by atoms with Crippen LogP contribution in [0.25, 0.3) is 5.82 Å². The van der Waals surface area contributed by atoms with Crippen LogP contribution in [0.2, 0.25) is 0 Å². The molecule has 3 heterocycles. The SMILES string of the molecule is CCCCC1CNCCN1C(=O)c1ccc(-n2[nH]ccc2=O)nc1. The van der Waals surface area contributed by atoms with Crippen molar-refractivity contribution in [3.05, 3.63) is 46.5 Å². The number of pyridine rings is 1. The first-order valence-corrected chi connectivity index (χ1v) is 8.45. The molecular weight excluding hydrogens is 306 g/mol. The van der Waals surface area contributed by atoms with Crippen molar-refractivity contribution >= 4 is 5.91 Å². The van der Waals surface area contributed by atoms with Crippen molar-refractivity contribution in [2.45, 2.75) is 32.2 Å². The molecule has 1 unspecified atom stereocenters. The lowest BCUT2D eigenvalue weighted by molar-refractivity contribution is 0.0622. The number of H-pyrrole nitrogens is 1. The second-order valence-electron chi connectivity index (χ2n) is 6.04. The smallest absolute Gasteiger partial charge is 0.272 e. The molecule has 1 aliphatic rings. The molecule has 2 aromatic heterocycles. The summed E-state index contributed by atoms with van der Waals surface area (Å²) in [4.78, 5) is 30.7. The number of carbonyl (C=O) groups is 1. The Hall–Kier alpha value is -2.41. The molecule has 3 rings (SSSR count). The Labute approximate surface area is 140 Å². The summed E-state index contributed by atoms with van der Waals surface area (Å²) in [6.45, 7) is 4.53. The molecule has 24 heavy (non-hydrogen) atoms. The molecule has 1 aliphatic heterocycles. The number of aromatic amines is 1. The second kappa shape index (κ2) is 7.44. The second-order valence-corrected chi connectivity index (χ2v) is 6.04. The predicted molar refractivity (Wildman–Crippen MR) is 91.4 cm³/mol. The number of unbranched alkanes of at least 4 members (excludes halogenated alkanes) is 1. The molecule has 0 bridgehead atoms. The lowest BCUT2D eigenvalue weighted by Gasteiger charge is -2.36. The first-order valence-electron chi connectivity index (χ1n) is 8.45. The van der Waals surface area contributed by atoms with Gasteiger partial charge in [0.2, 0.25) is 0 Å². The fraction of sp³-hybridized carbons (Fsp3) is 0.471. The van der Waals surface area contributed by atoms with Gasteiger partial charge >= 0.3 is 0 Å². The Bertz CT molecular complexity index is 734. The molecule has 2 aromatic rings. The highest BCUT2D eigenvalue weighted by Gasteiger charge is 2.27. The molecule has 0 spiro atoms. The van der Waals surface area contributed by atoms with Crippen molar-refractivity contribution in [1.82, 2.24) is 25.0 Å². The molecule has 1 amide bonds. The Kier molecular flexibility index (Phi) is 5.10. The Balaban J connectivity index is 1.76. The van der Waals surface area contributed by atoms with E-state index in [1.807, 2.05) is 4.90 Å². The predicted octanol–water partition coefficient (Wildman–Crippen LogP) is 1.16. The van der Waals surface area contributed by atoms with Crippen LogP contribution in [-0.2, 0) is 0 Å². The summed E-state index contributed by atoms with van der Waals surface area (Å²) in [6.07, 6.45) is 6.35. The summed E-state index contributed by atoms with van der Waals surface area (Å²) >= 11 is 0. The van der Waals surface area contributed by atoms with E-state index in [1.165, 1.54) is 10.7 Å². The van der Waals surface area contributed by atoms with Gasteiger partial charge in [-0.1, -0.05) is 19.8 Å². The van der Waals surface area contributed by atoms with Crippen molar-refractivity contribution < 1.29 is 4.79 Å². The molecule has 7 heteroatoms. The van der Waals surface area contributed by atoms with Crippen LogP contribution in [0, 0.1) is 0 Å². The van der Waals surface area contributed by atoms with E-state index >= 15 is 0 Å². The number of hydrogen-bond donors (Lipinski definition) is 2. The van der Waals surface area contributed by atoms with Gasteiger partial charge in [0.05, 0.1) is 5.56 Å². The summed E-state index contributed by atoms with van der Waals surface area (Å²) in [6, 6.07) is 5.09. The van der Waals surface area contributed by atoms with Gasteiger partial charge in [-0.05, 0) is 18.6 Å². The first-order chi connectivity index (χ1) is 11.7. The van der Waals surface area contributed by atoms with Gasteiger partial charge in [-0.3, -0.25) is 14.7 Å². The molecule has 1 fully saturated rings. The molecule has 128 valence electrons. The highest BCUT2D eigenvalue weighted by atomic mass is 16.2.